The van der Waals surface area contributed by atoms with Gasteiger partial charge in [0, 0.05) is 72.5 Å². The Bertz CT molecular complexity index is 1420. The minimum absolute atomic E-state index is 0.175. The minimum atomic E-state index is -0.331. The lowest BCUT2D eigenvalue weighted by atomic mass is 10.0. The van der Waals surface area contributed by atoms with Crippen molar-refractivity contribution in [1.82, 2.24) is 13.5 Å². The van der Waals surface area contributed by atoms with Gasteiger partial charge < -0.3 is 14.2 Å². The molecule has 1 unspecified atom stereocenters. The number of pyridine rings is 2. The van der Waals surface area contributed by atoms with E-state index in [1.54, 1.807) is 29.1 Å². The zero-order valence-corrected chi connectivity index (χ0v) is 22.0. The van der Waals surface area contributed by atoms with Crippen LogP contribution in [-0.4, -0.2) is 39.8 Å². The van der Waals surface area contributed by atoms with Crippen molar-refractivity contribution < 1.29 is 9.13 Å². The first-order valence-corrected chi connectivity index (χ1v) is 14.5. The van der Waals surface area contributed by atoms with E-state index in [1.165, 1.54) is 9.12 Å². The number of nitrogens with zero attached hydrogens (tertiary/aromatic N) is 4. The van der Waals surface area contributed by atoms with E-state index in [0.29, 0.717) is 59.2 Å². The van der Waals surface area contributed by atoms with Crippen LogP contribution in [0.3, 0.4) is 0 Å². The Balaban J connectivity index is 1.59. The van der Waals surface area contributed by atoms with E-state index in [1.807, 2.05) is 46.3 Å². The fraction of sp³-hybridized carbons (Fsp3) is 0.250. The molecule has 1 aliphatic heterocycles. The molecule has 0 spiro atoms. The molecule has 0 bridgehead atoms. The van der Waals surface area contributed by atoms with Crippen LogP contribution in [0.2, 0.25) is 5.02 Å². The Morgan fingerprint density at radius 1 is 1.24 bits per heavy atom. The topological polar surface area (TPSA) is 52.3 Å². The van der Waals surface area contributed by atoms with Crippen LogP contribution in [0.25, 0.3) is 22.2 Å². The third-order valence-electron chi connectivity index (χ3n) is 6.14. The number of halogens is 3. The number of ether oxygens (including phenoxy) is 1. The van der Waals surface area contributed by atoms with Crippen LogP contribution >= 0.6 is 41.9 Å². The second-order valence-corrected chi connectivity index (χ2v) is 10.2. The Labute approximate surface area is 217 Å². The van der Waals surface area contributed by atoms with Gasteiger partial charge in [0.2, 0.25) is 0 Å². The number of benzene rings is 1. The SMILES string of the molecule is CC(c1cccc(Cl)c1)n1ccc(-c2cn(SI)c3ncc(N4CCOCC4)c(F)c23)cc1=O. The number of morpholine rings is 1. The van der Waals surface area contributed by atoms with Crippen LogP contribution < -0.4 is 10.5 Å². The molecule has 5 rings (SSSR count). The molecule has 0 radical (unpaired) electrons. The molecule has 1 atom stereocenters. The van der Waals surface area contributed by atoms with E-state index in [4.69, 9.17) is 16.3 Å². The van der Waals surface area contributed by atoms with Gasteiger partial charge in [-0.1, -0.05) is 23.7 Å². The van der Waals surface area contributed by atoms with Gasteiger partial charge in [0.25, 0.3) is 5.56 Å². The van der Waals surface area contributed by atoms with Crippen LogP contribution in [0, 0.1) is 5.82 Å². The summed E-state index contributed by atoms with van der Waals surface area (Å²) in [5.41, 5.74) is 3.03. The molecule has 0 aliphatic carbocycles. The average molecular weight is 611 g/mol. The first-order chi connectivity index (χ1) is 16.5. The summed E-state index contributed by atoms with van der Waals surface area (Å²) in [4.78, 5) is 19.6. The van der Waals surface area contributed by atoms with Gasteiger partial charge in [0.1, 0.15) is 0 Å². The van der Waals surface area contributed by atoms with Crippen molar-refractivity contribution in [2.45, 2.75) is 13.0 Å². The molecule has 1 saturated heterocycles. The maximum atomic E-state index is 15.9. The summed E-state index contributed by atoms with van der Waals surface area (Å²) in [6.45, 7) is 4.27. The molecule has 0 saturated carbocycles. The Morgan fingerprint density at radius 3 is 2.74 bits per heavy atom. The van der Waals surface area contributed by atoms with E-state index in [2.05, 4.69) is 26.2 Å². The van der Waals surface area contributed by atoms with Crippen molar-refractivity contribution >= 4 is 58.6 Å². The van der Waals surface area contributed by atoms with Gasteiger partial charge in [-0.15, -0.1) is 0 Å². The highest BCUT2D eigenvalue weighted by molar-refractivity contribution is 14.2. The third kappa shape index (κ3) is 4.34. The van der Waals surface area contributed by atoms with Crippen LogP contribution in [0.15, 0.2) is 59.8 Å². The number of aromatic nitrogens is 3. The predicted molar refractivity (Wildman–Crippen MR) is 145 cm³/mol. The molecule has 10 heteroatoms. The Kier molecular flexibility index (Phi) is 6.88. The molecule has 3 aromatic heterocycles. The van der Waals surface area contributed by atoms with Crippen LogP contribution in [0.5, 0.6) is 0 Å². The lowest BCUT2D eigenvalue weighted by molar-refractivity contribution is 0.122. The van der Waals surface area contributed by atoms with E-state index >= 15 is 4.39 Å². The summed E-state index contributed by atoms with van der Waals surface area (Å²) < 4.78 is 24.7. The van der Waals surface area contributed by atoms with Crippen molar-refractivity contribution in [1.29, 1.82) is 0 Å². The fourth-order valence-electron chi connectivity index (χ4n) is 4.32. The molecule has 1 aromatic carbocycles. The molecular weight excluding hydrogens is 590 g/mol. The van der Waals surface area contributed by atoms with Gasteiger partial charge in [-0.3, -0.25) is 8.77 Å². The monoisotopic (exact) mass is 610 g/mol. The van der Waals surface area contributed by atoms with Crippen molar-refractivity contribution in [2.75, 3.05) is 31.2 Å². The molecule has 176 valence electrons. The van der Waals surface area contributed by atoms with Crippen molar-refractivity contribution in [2.24, 2.45) is 0 Å². The van der Waals surface area contributed by atoms with E-state index in [9.17, 15) is 4.79 Å². The predicted octanol–water partition coefficient (Wildman–Crippen LogP) is 5.95. The zero-order chi connectivity index (χ0) is 23.8. The highest BCUT2D eigenvalue weighted by Gasteiger charge is 2.23. The number of rotatable bonds is 5. The fourth-order valence-corrected chi connectivity index (χ4v) is 5.77. The molecule has 34 heavy (non-hydrogen) atoms. The second kappa shape index (κ2) is 9.88. The summed E-state index contributed by atoms with van der Waals surface area (Å²) >= 11 is 8.27. The lowest BCUT2D eigenvalue weighted by Gasteiger charge is -2.29. The highest BCUT2D eigenvalue weighted by atomic mass is 127. The maximum Gasteiger partial charge on any atom is 0.251 e. The summed E-state index contributed by atoms with van der Waals surface area (Å²) in [7, 11) is 1.40. The molecular formula is C24H21ClFIN4O2S. The molecule has 4 heterocycles. The number of fused-ring (bicyclic) bond motifs is 1. The first-order valence-electron chi connectivity index (χ1n) is 10.8. The standard InChI is InChI=1S/C24H21ClFIN4O2S/c1-15(16-3-2-4-18(25)11-16)30-6-5-17(12-21(30)32)19-14-31(34-27)24-22(19)23(26)20(13-28-24)29-7-9-33-10-8-29/h2-6,11-15H,7-10H2,1H3. The largest absolute Gasteiger partial charge is 0.378 e. The first kappa shape index (κ1) is 23.7. The third-order valence-corrected chi connectivity index (χ3v) is 8.07. The summed E-state index contributed by atoms with van der Waals surface area (Å²) in [5.74, 6) is -0.331. The van der Waals surface area contributed by atoms with Crippen molar-refractivity contribution in [3.05, 3.63) is 81.7 Å². The van der Waals surface area contributed by atoms with E-state index in [0.717, 1.165) is 5.56 Å². The Morgan fingerprint density at radius 2 is 2.03 bits per heavy atom. The molecule has 0 N–H and O–H groups in total. The smallest absolute Gasteiger partial charge is 0.251 e. The van der Waals surface area contributed by atoms with Gasteiger partial charge in [0.15, 0.2) is 11.5 Å². The van der Waals surface area contributed by atoms with E-state index < -0.39 is 0 Å². The summed E-state index contributed by atoms with van der Waals surface area (Å²) in [6, 6.07) is 10.7. The number of anilines is 1. The van der Waals surface area contributed by atoms with Gasteiger partial charge in [-0.05, 0) is 36.2 Å². The molecule has 1 fully saturated rings. The van der Waals surface area contributed by atoms with Crippen molar-refractivity contribution in [3.8, 4) is 11.1 Å². The molecule has 4 aromatic rings. The average Bonchev–Trinajstić information content (AvgIpc) is 3.24. The highest BCUT2D eigenvalue weighted by Crippen LogP contribution is 2.38. The second-order valence-electron chi connectivity index (χ2n) is 8.08. The maximum absolute atomic E-state index is 15.9. The normalized spacial score (nSPS) is 15.1. The number of hydrogen-bond donors (Lipinski definition) is 0. The van der Waals surface area contributed by atoms with Crippen LogP contribution in [-0.2, 0) is 4.74 Å². The van der Waals surface area contributed by atoms with Gasteiger partial charge >= 0.3 is 0 Å². The zero-order valence-electron chi connectivity index (χ0n) is 18.2. The van der Waals surface area contributed by atoms with Crippen LogP contribution in [0.1, 0.15) is 18.5 Å². The quantitative estimate of drug-likeness (QED) is 0.262. The van der Waals surface area contributed by atoms with E-state index in [-0.39, 0.29) is 17.4 Å². The van der Waals surface area contributed by atoms with Crippen molar-refractivity contribution in [3.63, 3.8) is 0 Å². The summed E-state index contributed by atoms with van der Waals surface area (Å²) in [5, 5.41) is 1.03. The molecule has 0 amide bonds. The lowest BCUT2D eigenvalue weighted by Crippen LogP contribution is -2.36. The number of hydrogen-bond acceptors (Lipinski definition) is 5. The molecule has 1 aliphatic rings. The van der Waals surface area contributed by atoms with Crippen LogP contribution in [0.4, 0.5) is 10.1 Å². The Hall–Kier alpha value is -2.08. The summed E-state index contributed by atoms with van der Waals surface area (Å²) in [6.07, 6.45) is 5.17. The minimum Gasteiger partial charge on any atom is -0.378 e. The van der Waals surface area contributed by atoms with Gasteiger partial charge in [-0.25, -0.2) is 9.37 Å². The van der Waals surface area contributed by atoms with Gasteiger partial charge in [-0.2, -0.15) is 0 Å². The molecule has 6 nitrogen and oxygen atoms in total. The van der Waals surface area contributed by atoms with Gasteiger partial charge in [0.05, 0.1) is 36.5 Å².